The lowest BCUT2D eigenvalue weighted by atomic mass is 10.2. The maximum Gasteiger partial charge on any atom is 0.328 e. The van der Waals surface area contributed by atoms with Crippen molar-refractivity contribution >= 4 is 29.4 Å². The molecule has 1 unspecified atom stereocenters. The zero-order valence-corrected chi connectivity index (χ0v) is 10.3. The molecule has 2 heterocycles. The second-order valence-electron chi connectivity index (χ2n) is 3.70. The van der Waals surface area contributed by atoms with Gasteiger partial charge in [0.25, 0.3) is 0 Å². The van der Waals surface area contributed by atoms with Crippen molar-refractivity contribution in [2.24, 2.45) is 0 Å². The van der Waals surface area contributed by atoms with Crippen LogP contribution in [0.15, 0.2) is 17.5 Å². The molecule has 0 aliphatic heterocycles. The Labute approximate surface area is 107 Å². The van der Waals surface area contributed by atoms with E-state index in [1.807, 2.05) is 11.4 Å². The summed E-state index contributed by atoms with van der Waals surface area (Å²) in [5.41, 5.74) is 6.42. The maximum atomic E-state index is 11.1. The normalized spacial score (nSPS) is 12.3. The van der Waals surface area contributed by atoms with Crippen LogP contribution in [0.3, 0.4) is 0 Å². The monoisotopic (exact) mass is 265 g/mol. The van der Waals surface area contributed by atoms with Crippen LogP contribution in [0, 0.1) is 0 Å². The van der Waals surface area contributed by atoms with Gasteiger partial charge in [-0.1, -0.05) is 6.07 Å². The molecule has 2 aromatic heterocycles. The molecule has 0 saturated heterocycles. The molecule has 2 rings (SSSR count). The van der Waals surface area contributed by atoms with Crippen LogP contribution in [0.25, 0.3) is 10.6 Å². The van der Waals surface area contributed by atoms with Gasteiger partial charge in [0, 0.05) is 0 Å². The SMILES string of the molecule is CC(C(=O)O)n1nc(-c2cccs2)c(C=O)c1N. The maximum absolute atomic E-state index is 11.1. The van der Waals surface area contributed by atoms with Crippen LogP contribution in [0.5, 0.6) is 0 Å². The van der Waals surface area contributed by atoms with E-state index >= 15 is 0 Å². The number of thiophene rings is 1. The summed E-state index contributed by atoms with van der Waals surface area (Å²) in [5.74, 6) is -0.984. The zero-order chi connectivity index (χ0) is 13.3. The van der Waals surface area contributed by atoms with Crippen molar-refractivity contribution in [3.05, 3.63) is 23.1 Å². The third-order valence-corrected chi connectivity index (χ3v) is 3.46. The minimum Gasteiger partial charge on any atom is -0.480 e. The Morgan fingerprint density at radius 2 is 2.39 bits per heavy atom. The van der Waals surface area contributed by atoms with E-state index in [2.05, 4.69) is 5.10 Å². The number of carbonyl (C=O) groups excluding carboxylic acids is 1. The van der Waals surface area contributed by atoms with E-state index in [9.17, 15) is 9.59 Å². The molecular weight excluding hydrogens is 254 g/mol. The molecule has 0 amide bonds. The summed E-state index contributed by atoms with van der Waals surface area (Å²) < 4.78 is 1.15. The first-order chi connectivity index (χ1) is 8.56. The van der Waals surface area contributed by atoms with E-state index in [1.54, 1.807) is 6.07 Å². The fourth-order valence-electron chi connectivity index (χ4n) is 1.57. The third kappa shape index (κ3) is 1.88. The molecular formula is C11H11N3O3S. The number of rotatable bonds is 4. The lowest BCUT2D eigenvalue weighted by molar-refractivity contribution is -0.140. The van der Waals surface area contributed by atoms with Crippen LogP contribution in [0.2, 0.25) is 0 Å². The first-order valence-corrected chi connectivity index (χ1v) is 6.04. The molecule has 94 valence electrons. The lowest BCUT2D eigenvalue weighted by Crippen LogP contribution is -2.18. The number of hydrogen-bond acceptors (Lipinski definition) is 5. The fourth-order valence-corrected chi connectivity index (χ4v) is 2.29. The first-order valence-electron chi connectivity index (χ1n) is 5.16. The number of carboxylic acid groups (broad SMARTS) is 1. The van der Waals surface area contributed by atoms with Crippen molar-refractivity contribution in [1.82, 2.24) is 9.78 Å². The molecule has 7 heteroatoms. The van der Waals surface area contributed by atoms with Gasteiger partial charge in [0.05, 0.1) is 10.4 Å². The Balaban J connectivity index is 2.59. The van der Waals surface area contributed by atoms with Gasteiger partial charge in [-0.05, 0) is 18.4 Å². The van der Waals surface area contributed by atoms with Crippen molar-refractivity contribution in [2.45, 2.75) is 13.0 Å². The van der Waals surface area contributed by atoms with Gasteiger partial charge >= 0.3 is 5.97 Å². The van der Waals surface area contributed by atoms with E-state index in [4.69, 9.17) is 10.8 Å². The van der Waals surface area contributed by atoms with Crippen molar-refractivity contribution in [3.8, 4) is 10.6 Å². The van der Waals surface area contributed by atoms with Crippen molar-refractivity contribution in [2.75, 3.05) is 5.73 Å². The molecule has 0 saturated carbocycles. The summed E-state index contributed by atoms with van der Waals surface area (Å²) in [5, 5.41) is 14.9. The molecule has 6 nitrogen and oxygen atoms in total. The number of anilines is 1. The van der Waals surface area contributed by atoms with Gasteiger partial charge in [0.2, 0.25) is 0 Å². The highest BCUT2D eigenvalue weighted by Gasteiger charge is 2.23. The second-order valence-corrected chi connectivity index (χ2v) is 4.65. The predicted molar refractivity (Wildman–Crippen MR) is 67.7 cm³/mol. The molecule has 0 radical (unpaired) electrons. The first kappa shape index (κ1) is 12.3. The van der Waals surface area contributed by atoms with Gasteiger partial charge in [0.15, 0.2) is 6.29 Å². The number of hydrogen-bond donors (Lipinski definition) is 2. The highest BCUT2D eigenvalue weighted by molar-refractivity contribution is 7.13. The van der Waals surface area contributed by atoms with Crippen LogP contribution in [-0.2, 0) is 4.79 Å². The molecule has 0 spiro atoms. The number of aromatic nitrogens is 2. The van der Waals surface area contributed by atoms with Gasteiger partial charge in [-0.15, -0.1) is 11.3 Å². The molecule has 0 bridgehead atoms. The lowest BCUT2D eigenvalue weighted by Gasteiger charge is -2.08. The highest BCUT2D eigenvalue weighted by atomic mass is 32.1. The second kappa shape index (κ2) is 4.61. The minimum atomic E-state index is -1.06. The quantitative estimate of drug-likeness (QED) is 0.819. The minimum absolute atomic E-state index is 0.0725. The summed E-state index contributed by atoms with van der Waals surface area (Å²) in [7, 11) is 0. The Bertz CT molecular complexity index is 589. The molecule has 0 aliphatic carbocycles. The van der Waals surface area contributed by atoms with Crippen molar-refractivity contribution in [3.63, 3.8) is 0 Å². The summed E-state index contributed by atoms with van der Waals surface area (Å²) in [4.78, 5) is 22.8. The number of nitrogens with two attached hydrogens (primary N) is 1. The standard InChI is InChI=1S/C11H11N3O3S/c1-6(11(16)17)14-10(12)7(5-15)9(13-14)8-3-2-4-18-8/h2-6H,12H2,1H3,(H,16,17). The van der Waals surface area contributed by atoms with Crippen molar-refractivity contribution in [1.29, 1.82) is 0 Å². The largest absolute Gasteiger partial charge is 0.480 e. The van der Waals surface area contributed by atoms with E-state index < -0.39 is 12.0 Å². The fraction of sp³-hybridized carbons (Fsp3) is 0.182. The average molecular weight is 265 g/mol. The van der Waals surface area contributed by atoms with Crippen LogP contribution in [0.4, 0.5) is 5.82 Å². The van der Waals surface area contributed by atoms with Gasteiger partial charge in [0.1, 0.15) is 17.6 Å². The van der Waals surface area contributed by atoms with Crippen LogP contribution in [-0.4, -0.2) is 27.1 Å². The number of carboxylic acids is 1. The Hall–Kier alpha value is -2.15. The summed E-state index contributed by atoms with van der Waals surface area (Å²) in [6, 6.07) is 2.71. The highest BCUT2D eigenvalue weighted by Crippen LogP contribution is 2.30. The molecule has 18 heavy (non-hydrogen) atoms. The summed E-state index contributed by atoms with van der Waals surface area (Å²) >= 11 is 1.41. The van der Waals surface area contributed by atoms with E-state index in [1.165, 1.54) is 18.3 Å². The molecule has 0 aliphatic rings. The molecule has 0 aromatic carbocycles. The smallest absolute Gasteiger partial charge is 0.328 e. The van der Waals surface area contributed by atoms with Gasteiger partial charge in [-0.25, -0.2) is 9.48 Å². The number of nitrogens with zero attached hydrogens (tertiary/aromatic N) is 2. The Morgan fingerprint density at radius 3 is 2.89 bits per heavy atom. The molecule has 3 N–H and O–H groups in total. The molecule has 2 aromatic rings. The van der Waals surface area contributed by atoms with E-state index in [0.29, 0.717) is 12.0 Å². The van der Waals surface area contributed by atoms with Crippen LogP contribution >= 0.6 is 11.3 Å². The van der Waals surface area contributed by atoms with Gasteiger partial charge < -0.3 is 10.8 Å². The zero-order valence-electron chi connectivity index (χ0n) is 9.53. The van der Waals surface area contributed by atoms with Gasteiger partial charge in [-0.2, -0.15) is 5.10 Å². The summed E-state index contributed by atoms with van der Waals surface area (Å²) in [6.45, 7) is 1.46. The molecule has 0 fully saturated rings. The topological polar surface area (TPSA) is 98.2 Å². The molecule has 1 atom stereocenters. The third-order valence-electron chi connectivity index (χ3n) is 2.58. The van der Waals surface area contributed by atoms with Crippen LogP contribution < -0.4 is 5.73 Å². The van der Waals surface area contributed by atoms with E-state index in [-0.39, 0.29) is 11.4 Å². The number of carbonyl (C=O) groups is 2. The number of nitrogen functional groups attached to an aromatic ring is 1. The predicted octanol–water partition coefficient (Wildman–Crippen LogP) is 1.65. The van der Waals surface area contributed by atoms with E-state index in [0.717, 1.165) is 9.56 Å². The number of aldehydes is 1. The number of aliphatic carboxylic acids is 1. The summed E-state index contributed by atoms with van der Waals surface area (Å²) in [6.07, 6.45) is 0.600. The van der Waals surface area contributed by atoms with Crippen molar-refractivity contribution < 1.29 is 14.7 Å². The Kier molecular flexibility index (Phi) is 3.15. The van der Waals surface area contributed by atoms with Crippen LogP contribution in [0.1, 0.15) is 23.3 Å². The van der Waals surface area contributed by atoms with Gasteiger partial charge in [-0.3, -0.25) is 4.79 Å². The Morgan fingerprint density at radius 1 is 1.67 bits per heavy atom. The average Bonchev–Trinajstić information content (AvgIpc) is 2.94.